The van der Waals surface area contributed by atoms with Gasteiger partial charge in [0.15, 0.2) is 5.82 Å². The molecule has 4 rings (SSSR count). The fourth-order valence-electron chi connectivity index (χ4n) is 3.41. The summed E-state index contributed by atoms with van der Waals surface area (Å²) < 4.78 is 19.5. The molecule has 2 aromatic carbocycles. The maximum Gasteiger partial charge on any atom is 0.260 e. The minimum Gasteiger partial charge on any atom is -0.334 e. The van der Waals surface area contributed by atoms with E-state index >= 15 is 0 Å². The van der Waals surface area contributed by atoms with Crippen molar-refractivity contribution in [2.75, 3.05) is 32.0 Å². The van der Waals surface area contributed by atoms with Crippen LogP contribution in [0.4, 0.5) is 10.1 Å². The van der Waals surface area contributed by atoms with Crippen LogP contribution >= 0.6 is 0 Å². The monoisotopic (exact) mass is 395 g/mol. The van der Waals surface area contributed by atoms with Crippen molar-refractivity contribution in [3.63, 3.8) is 0 Å². The summed E-state index contributed by atoms with van der Waals surface area (Å²) in [5, 5.41) is 10.3. The lowest BCUT2D eigenvalue weighted by Gasteiger charge is -2.30. The number of nitrogens with zero attached hydrogens (tertiary/aromatic N) is 3. The largest absolute Gasteiger partial charge is 0.334 e. The van der Waals surface area contributed by atoms with Crippen molar-refractivity contribution in [2.24, 2.45) is 0 Å². The number of piperazine rings is 1. The Bertz CT molecular complexity index is 1040. The topological polar surface area (TPSA) is 83.3 Å². The van der Waals surface area contributed by atoms with Crippen molar-refractivity contribution in [2.45, 2.75) is 13.0 Å². The van der Waals surface area contributed by atoms with E-state index in [9.17, 15) is 9.18 Å². The molecule has 29 heavy (non-hydrogen) atoms. The zero-order chi connectivity index (χ0) is 20.4. The number of benzene rings is 2. The molecule has 1 saturated heterocycles. The first-order valence-corrected chi connectivity index (χ1v) is 9.45. The van der Waals surface area contributed by atoms with Crippen LogP contribution < -0.4 is 10.6 Å². The highest BCUT2D eigenvalue weighted by Crippen LogP contribution is 2.31. The number of carbonyl (C=O) groups is 1. The molecule has 0 aliphatic carbocycles. The minimum absolute atomic E-state index is 0.0162. The van der Waals surface area contributed by atoms with Gasteiger partial charge in [0.05, 0.1) is 22.9 Å². The van der Waals surface area contributed by atoms with E-state index in [-0.39, 0.29) is 11.6 Å². The minimum atomic E-state index is -0.576. The Morgan fingerprint density at radius 3 is 2.90 bits per heavy atom. The number of amides is 1. The van der Waals surface area contributed by atoms with Crippen LogP contribution in [0.1, 0.15) is 27.8 Å². The van der Waals surface area contributed by atoms with Crippen LogP contribution in [0, 0.1) is 12.7 Å². The SMILES string of the molecule is Cc1cccc(-c2nc(C3CNCCN3C)no2)c1NC(=O)c1ccccc1F. The van der Waals surface area contributed by atoms with Gasteiger partial charge in [-0.3, -0.25) is 9.69 Å². The molecule has 3 aromatic rings. The highest BCUT2D eigenvalue weighted by molar-refractivity contribution is 6.06. The van der Waals surface area contributed by atoms with Crippen LogP contribution in [0.5, 0.6) is 0 Å². The van der Waals surface area contributed by atoms with E-state index in [1.807, 2.05) is 26.1 Å². The van der Waals surface area contributed by atoms with Gasteiger partial charge in [0, 0.05) is 19.6 Å². The Morgan fingerprint density at radius 2 is 2.10 bits per heavy atom. The fraction of sp³-hybridized carbons (Fsp3) is 0.286. The third-order valence-electron chi connectivity index (χ3n) is 5.11. The molecule has 1 amide bonds. The number of aromatic nitrogens is 2. The third kappa shape index (κ3) is 3.90. The van der Waals surface area contributed by atoms with Crippen molar-refractivity contribution < 1.29 is 13.7 Å². The second-order valence-corrected chi connectivity index (χ2v) is 7.09. The first-order chi connectivity index (χ1) is 14.0. The molecule has 1 aliphatic rings. The summed E-state index contributed by atoms with van der Waals surface area (Å²) in [4.78, 5) is 19.4. The highest BCUT2D eigenvalue weighted by atomic mass is 19.1. The Morgan fingerprint density at radius 1 is 1.28 bits per heavy atom. The number of likely N-dealkylation sites (N-methyl/N-ethyl adjacent to an activating group) is 1. The lowest BCUT2D eigenvalue weighted by atomic mass is 10.1. The number of carbonyl (C=O) groups excluding carboxylic acids is 1. The van der Waals surface area contributed by atoms with Gasteiger partial charge < -0.3 is 15.2 Å². The lowest BCUT2D eigenvalue weighted by Crippen LogP contribution is -2.44. The number of anilines is 1. The van der Waals surface area contributed by atoms with E-state index in [1.165, 1.54) is 12.1 Å². The number of halogens is 1. The van der Waals surface area contributed by atoms with Crippen LogP contribution in [0.2, 0.25) is 0 Å². The van der Waals surface area contributed by atoms with E-state index in [0.717, 1.165) is 25.2 Å². The second-order valence-electron chi connectivity index (χ2n) is 7.09. The lowest BCUT2D eigenvalue weighted by molar-refractivity contribution is 0.102. The standard InChI is InChI=1S/C21H22FN5O2/c1-13-6-5-8-15(18(13)24-20(28)14-7-3-4-9-16(14)22)21-25-19(26-29-21)17-12-23-10-11-27(17)2/h3-9,17,23H,10-12H2,1-2H3,(H,24,28). The van der Waals surface area contributed by atoms with Crippen molar-refractivity contribution in [3.8, 4) is 11.5 Å². The van der Waals surface area contributed by atoms with Crippen LogP contribution in [0.3, 0.4) is 0 Å². The fourth-order valence-corrected chi connectivity index (χ4v) is 3.41. The number of rotatable bonds is 4. The molecule has 7 nitrogen and oxygen atoms in total. The molecule has 1 aliphatic heterocycles. The molecular formula is C21H22FN5O2. The summed E-state index contributed by atoms with van der Waals surface area (Å²) in [5.74, 6) is -0.211. The quantitative estimate of drug-likeness (QED) is 0.707. The molecule has 1 unspecified atom stereocenters. The summed E-state index contributed by atoms with van der Waals surface area (Å²) >= 11 is 0. The summed E-state index contributed by atoms with van der Waals surface area (Å²) in [5.41, 5.74) is 1.90. The smallest absolute Gasteiger partial charge is 0.260 e. The number of hydrogen-bond donors (Lipinski definition) is 2. The molecule has 0 spiro atoms. The van der Waals surface area contributed by atoms with Gasteiger partial charge in [0.1, 0.15) is 5.82 Å². The predicted molar refractivity (Wildman–Crippen MR) is 107 cm³/mol. The van der Waals surface area contributed by atoms with Gasteiger partial charge in [0.25, 0.3) is 11.8 Å². The molecule has 150 valence electrons. The summed E-state index contributed by atoms with van der Waals surface area (Å²) in [7, 11) is 2.02. The first-order valence-electron chi connectivity index (χ1n) is 9.45. The number of hydrogen-bond acceptors (Lipinski definition) is 6. The van der Waals surface area contributed by atoms with Crippen molar-refractivity contribution in [1.29, 1.82) is 0 Å². The zero-order valence-electron chi connectivity index (χ0n) is 16.3. The van der Waals surface area contributed by atoms with Crippen LogP contribution in [0.15, 0.2) is 47.0 Å². The Balaban J connectivity index is 1.65. The Hall–Kier alpha value is -3.10. The van der Waals surface area contributed by atoms with Crippen molar-refractivity contribution in [3.05, 3.63) is 65.2 Å². The summed E-state index contributed by atoms with van der Waals surface area (Å²) in [6, 6.07) is 11.4. The van der Waals surface area contributed by atoms with Crippen LogP contribution in [-0.2, 0) is 0 Å². The highest BCUT2D eigenvalue weighted by Gasteiger charge is 2.26. The van der Waals surface area contributed by atoms with E-state index in [4.69, 9.17) is 4.52 Å². The maximum atomic E-state index is 14.0. The van der Waals surface area contributed by atoms with Gasteiger partial charge in [-0.05, 0) is 37.7 Å². The zero-order valence-corrected chi connectivity index (χ0v) is 16.3. The molecule has 0 saturated carbocycles. The van der Waals surface area contributed by atoms with Gasteiger partial charge in [-0.25, -0.2) is 4.39 Å². The molecule has 2 N–H and O–H groups in total. The first kappa shape index (κ1) is 19.2. The maximum absolute atomic E-state index is 14.0. The van der Waals surface area contributed by atoms with Crippen LogP contribution in [0.25, 0.3) is 11.5 Å². The van der Waals surface area contributed by atoms with E-state index < -0.39 is 11.7 Å². The normalized spacial score (nSPS) is 17.3. The molecule has 0 bridgehead atoms. The third-order valence-corrected chi connectivity index (χ3v) is 5.11. The average Bonchev–Trinajstić information content (AvgIpc) is 3.20. The van der Waals surface area contributed by atoms with E-state index in [1.54, 1.807) is 18.2 Å². The van der Waals surface area contributed by atoms with E-state index in [2.05, 4.69) is 25.7 Å². The molecule has 0 radical (unpaired) electrons. The molecule has 8 heteroatoms. The second kappa shape index (κ2) is 8.10. The van der Waals surface area contributed by atoms with Crippen LogP contribution in [-0.4, -0.2) is 47.6 Å². The number of nitrogens with one attached hydrogen (secondary N) is 2. The molecule has 1 atom stereocenters. The van der Waals surface area contributed by atoms with Gasteiger partial charge in [-0.15, -0.1) is 0 Å². The van der Waals surface area contributed by atoms with Gasteiger partial charge in [-0.2, -0.15) is 4.98 Å². The van der Waals surface area contributed by atoms with Gasteiger partial charge in [-0.1, -0.05) is 29.4 Å². The number of aryl methyl sites for hydroxylation is 1. The summed E-state index contributed by atoms with van der Waals surface area (Å²) in [6.45, 7) is 4.40. The Kier molecular flexibility index (Phi) is 5.37. The number of para-hydroxylation sites is 1. The summed E-state index contributed by atoms with van der Waals surface area (Å²) in [6.07, 6.45) is 0. The van der Waals surface area contributed by atoms with Gasteiger partial charge >= 0.3 is 0 Å². The Labute approximate surface area is 167 Å². The van der Waals surface area contributed by atoms with E-state index in [0.29, 0.717) is 23.0 Å². The molecule has 1 aromatic heterocycles. The molecule has 2 heterocycles. The van der Waals surface area contributed by atoms with Crippen molar-refractivity contribution in [1.82, 2.24) is 20.4 Å². The predicted octanol–water partition coefficient (Wildman–Crippen LogP) is 3.01. The van der Waals surface area contributed by atoms with Gasteiger partial charge in [0.2, 0.25) is 0 Å². The molecular weight excluding hydrogens is 373 g/mol. The van der Waals surface area contributed by atoms with Crippen molar-refractivity contribution >= 4 is 11.6 Å². The molecule has 1 fully saturated rings. The average molecular weight is 395 g/mol.